The molecule has 6 nitrogen and oxygen atoms in total. The average Bonchev–Trinajstić information content (AvgIpc) is 3.16. The topological polar surface area (TPSA) is 98.3 Å². The van der Waals surface area contributed by atoms with Gasteiger partial charge in [-0.1, -0.05) is 6.92 Å². The van der Waals surface area contributed by atoms with Crippen LogP contribution in [0, 0.1) is 15.5 Å². The zero-order chi connectivity index (χ0) is 14.0. The first kappa shape index (κ1) is 13.3. The Kier molecular flexibility index (Phi) is 3.42. The molecule has 3 N–H and O–H groups in total. The van der Waals surface area contributed by atoms with Crippen molar-refractivity contribution in [3.8, 4) is 0 Å². The molecule has 0 aliphatic heterocycles. The maximum atomic E-state index is 12.0. The standard InChI is InChI=1S/C13H17N3O3/c1-2-13(5-6-13)8-15-12(17)10-7-9(14)3-4-11(10)16(18)19/h3-4,7H,2,5-6,8,14H2,1H3,(H,15,17). The van der Waals surface area contributed by atoms with E-state index < -0.39 is 10.8 Å². The Morgan fingerprint density at radius 1 is 1.53 bits per heavy atom. The highest BCUT2D eigenvalue weighted by atomic mass is 16.6. The molecule has 0 radical (unpaired) electrons. The Morgan fingerprint density at radius 2 is 2.21 bits per heavy atom. The monoisotopic (exact) mass is 263 g/mol. The van der Waals surface area contributed by atoms with Gasteiger partial charge in [0.2, 0.25) is 0 Å². The van der Waals surface area contributed by atoms with Crippen molar-refractivity contribution >= 4 is 17.3 Å². The fraction of sp³-hybridized carbons (Fsp3) is 0.462. The van der Waals surface area contributed by atoms with E-state index >= 15 is 0 Å². The Labute approximate surface area is 111 Å². The van der Waals surface area contributed by atoms with E-state index in [1.807, 2.05) is 0 Å². The highest BCUT2D eigenvalue weighted by Crippen LogP contribution is 2.47. The molecule has 0 saturated heterocycles. The molecule has 0 aromatic heterocycles. The van der Waals surface area contributed by atoms with E-state index in [9.17, 15) is 14.9 Å². The van der Waals surface area contributed by atoms with Crippen molar-refractivity contribution in [3.63, 3.8) is 0 Å². The Balaban J connectivity index is 2.14. The number of carbonyl (C=O) groups excluding carboxylic acids is 1. The third-order valence-electron chi connectivity index (χ3n) is 3.79. The quantitative estimate of drug-likeness (QED) is 0.482. The minimum Gasteiger partial charge on any atom is -0.399 e. The Morgan fingerprint density at radius 3 is 2.74 bits per heavy atom. The molecule has 102 valence electrons. The molecule has 1 saturated carbocycles. The maximum absolute atomic E-state index is 12.0. The zero-order valence-corrected chi connectivity index (χ0v) is 10.8. The average molecular weight is 263 g/mol. The molecule has 6 heteroatoms. The lowest BCUT2D eigenvalue weighted by Gasteiger charge is -2.13. The fourth-order valence-electron chi connectivity index (χ4n) is 2.09. The van der Waals surface area contributed by atoms with E-state index in [0.29, 0.717) is 12.2 Å². The molecule has 1 aliphatic carbocycles. The van der Waals surface area contributed by atoms with Crippen LogP contribution in [-0.4, -0.2) is 17.4 Å². The molecule has 19 heavy (non-hydrogen) atoms. The number of hydrogen-bond acceptors (Lipinski definition) is 4. The van der Waals surface area contributed by atoms with Gasteiger partial charge in [-0.25, -0.2) is 0 Å². The van der Waals surface area contributed by atoms with Gasteiger partial charge in [-0.15, -0.1) is 0 Å². The SMILES string of the molecule is CCC1(CNC(=O)c2cc(N)ccc2[N+](=O)[O-])CC1. The van der Waals surface area contributed by atoms with Crippen LogP contribution in [-0.2, 0) is 0 Å². The second kappa shape index (κ2) is 4.87. The van der Waals surface area contributed by atoms with Crippen LogP contribution in [0.3, 0.4) is 0 Å². The van der Waals surface area contributed by atoms with Crippen LogP contribution in [0.2, 0.25) is 0 Å². The summed E-state index contributed by atoms with van der Waals surface area (Å²) in [7, 11) is 0. The number of nitro groups is 1. The van der Waals surface area contributed by atoms with Gasteiger partial charge in [0, 0.05) is 18.3 Å². The van der Waals surface area contributed by atoms with Crippen LogP contribution < -0.4 is 11.1 Å². The van der Waals surface area contributed by atoms with E-state index in [0.717, 1.165) is 19.3 Å². The second-order valence-electron chi connectivity index (χ2n) is 5.07. The highest BCUT2D eigenvalue weighted by molar-refractivity contribution is 5.99. The number of carbonyl (C=O) groups is 1. The van der Waals surface area contributed by atoms with Crippen molar-refractivity contribution in [2.75, 3.05) is 12.3 Å². The maximum Gasteiger partial charge on any atom is 0.282 e. The normalized spacial score (nSPS) is 15.8. The van der Waals surface area contributed by atoms with Gasteiger partial charge in [0.25, 0.3) is 11.6 Å². The molecular formula is C13H17N3O3. The van der Waals surface area contributed by atoms with Crippen molar-refractivity contribution < 1.29 is 9.72 Å². The Hall–Kier alpha value is -2.11. The lowest BCUT2D eigenvalue weighted by Crippen LogP contribution is -2.30. The molecule has 1 aliphatic rings. The molecule has 1 amide bonds. The van der Waals surface area contributed by atoms with Crippen LogP contribution in [0.1, 0.15) is 36.5 Å². The van der Waals surface area contributed by atoms with Gasteiger partial charge in [-0.2, -0.15) is 0 Å². The van der Waals surface area contributed by atoms with Crippen molar-refractivity contribution in [3.05, 3.63) is 33.9 Å². The van der Waals surface area contributed by atoms with E-state index in [2.05, 4.69) is 12.2 Å². The molecular weight excluding hydrogens is 246 g/mol. The molecule has 1 fully saturated rings. The number of nitrogens with zero attached hydrogens (tertiary/aromatic N) is 1. The summed E-state index contributed by atoms with van der Waals surface area (Å²) in [5, 5.41) is 13.7. The third kappa shape index (κ3) is 2.83. The van der Waals surface area contributed by atoms with Crippen molar-refractivity contribution in [1.82, 2.24) is 5.32 Å². The summed E-state index contributed by atoms with van der Waals surface area (Å²) in [6.07, 6.45) is 3.21. The number of nitro benzene ring substituents is 1. The number of nitrogen functional groups attached to an aromatic ring is 1. The first-order valence-electron chi connectivity index (χ1n) is 6.29. The van der Waals surface area contributed by atoms with Crippen molar-refractivity contribution in [2.24, 2.45) is 5.41 Å². The first-order chi connectivity index (χ1) is 8.97. The third-order valence-corrected chi connectivity index (χ3v) is 3.79. The number of hydrogen-bond donors (Lipinski definition) is 2. The second-order valence-corrected chi connectivity index (χ2v) is 5.07. The highest BCUT2D eigenvalue weighted by Gasteiger charge is 2.40. The van der Waals surface area contributed by atoms with Crippen LogP contribution in [0.15, 0.2) is 18.2 Å². The summed E-state index contributed by atoms with van der Waals surface area (Å²) >= 11 is 0. The summed E-state index contributed by atoms with van der Waals surface area (Å²) < 4.78 is 0. The molecule has 0 bridgehead atoms. The van der Waals surface area contributed by atoms with Crippen molar-refractivity contribution in [1.29, 1.82) is 0 Å². The number of benzene rings is 1. The summed E-state index contributed by atoms with van der Waals surface area (Å²) in [5.41, 5.74) is 5.93. The van der Waals surface area contributed by atoms with Crippen LogP contribution >= 0.6 is 0 Å². The first-order valence-corrected chi connectivity index (χ1v) is 6.29. The fourth-order valence-corrected chi connectivity index (χ4v) is 2.09. The van der Waals surface area contributed by atoms with Gasteiger partial charge < -0.3 is 11.1 Å². The minimum atomic E-state index is -0.568. The van der Waals surface area contributed by atoms with E-state index in [-0.39, 0.29) is 16.7 Å². The predicted molar refractivity (Wildman–Crippen MR) is 71.8 cm³/mol. The summed E-state index contributed by atoms with van der Waals surface area (Å²) in [6.45, 7) is 2.65. The minimum absolute atomic E-state index is 0.0249. The number of nitrogens with two attached hydrogens (primary N) is 1. The Bertz CT molecular complexity index is 524. The van der Waals surface area contributed by atoms with Crippen LogP contribution in [0.4, 0.5) is 11.4 Å². The molecule has 0 heterocycles. The largest absolute Gasteiger partial charge is 0.399 e. The number of nitrogens with one attached hydrogen (secondary N) is 1. The van der Waals surface area contributed by atoms with Gasteiger partial charge >= 0.3 is 0 Å². The molecule has 1 aromatic rings. The predicted octanol–water partition coefficient (Wildman–Crippen LogP) is 2.10. The van der Waals surface area contributed by atoms with E-state index in [4.69, 9.17) is 5.73 Å². The van der Waals surface area contributed by atoms with Gasteiger partial charge in [0.1, 0.15) is 5.56 Å². The molecule has 0 atom stereocenters. The van der Waals surface area contributed by atoms with E-state index in [1.54, 1.807) is 0 Å². The van der Waals surface area contributed by atoms with Crippen LogP contribution in [0.5, 0.6) is 0 Å². The number of rotatable bonds is 5. The summed E-state index contributed by atoms with van der Waals surface area (Å²) in [4.78, 5) is 22.4. The van der Waals surface area contributed by atoms with Crippen molar-refractivity contribution in [2.45, 2.75) is 26.2 Å². The van der Waals surface area contributed by atoms with Crippen LogP contribution in [0.25, 0.3) is 0 Å². The van der Waals surface area contributed by atoms with Gasteiger partial charge in [-0.3, -0.25) is 14.9 Å². The van der Waals surface area contributed by atoms with Gasteiger partial charge in [0.05, 0.1) is 4.92 Å². The summed E-state index contributed by atoms with van der Waals surface area (Å²) in [5.74, 6) is -0.432. The zero-order valence-electron chi connectivity index (χ0n) is 10.8. The number of anilines is 1. The van der Waals surface area contributed by atoms with Gasteiger partial charge in [0.15, 0.2) is 0 Å². The summed E-state index contributed by atoms with van der Waals surface area (Å²) in [6, 6.07) is 4.03. The lowest BCUT2D eigenvalue weighted by atomic mass is 10.0. The van der Waals surface area contributed by atoms with E-state index in [1.165, 1.54) is 18.2 Å². The molecule has 2 rings (SSSR count). The molecule has 0 spiro atoms. The smallest absolute Gasteiger partial charge is 0.282 e. The molecule has 0 unspecified atom stereocenters. The number of amides is 1. The lowest BCUT2D eigenvalue weighted by molar-refractivity contribution is -0.385. The van der Waals surface area contributed by atoms with Gasteiger partial charge in [-0.05, 0) is 36.8 Å². The molecule has 1 aromatic carbocycles.